The first-order chi connectivity index (χ1) is 18.5. The number of hydrogen-bond acceptors (Lipinski definition) is 4. The number of hydrazone groups is 1. The summed E-state index contributed by atoms with van der Waals surface area (Å²) in [6.07, 6.45) is 1.59. The SMILES string of the molecule is Cc1cc(C)cc(N(CC(=O)N/N=C/c2cc(C)n(-c3ccc(C)c(C)c3)c2C)S(=O)(=O)c2ccccc2)c1. The average Bonchev–Trinajstić information content (AvgIpc) is 3.16. The molecule has 1 N–H and O–H groups in total. The van der Waals surface area contributed by atoms with Crippen LogP contribution in [0.3, 0.4) is 0 Å². The van der Waals surface area contributed by atoms with Crippen LogP contribution in [-0.2, 0) is 14.8 Å². The highest BCUT2D eigenvalue weighted by atomic mass is 32.2. The number of anilines is 1. The van der Waals surface area contributed by atoms with Gasteiger partial charge in [0, 0.05) is 22.6 Å². The molecule has 39 heavy (non-hydrogen) atoms. The molecule has 8 heteroatoms. The predicted octanol–water partition coefficient (Wildman–Crippen LogP) is 5.67. The number of sulfonamides is 1. The number of carbonyl (C=O) groups excluding carboxylic acids is 1. The Bertz CT molecular complexity index is 1630. The molecule has 0 radical (unpaired) electrons. The summed E-state index contributed by atoms with van der Waals surface area (Å²) in [6, 6.07) is 21.9. The standard InChI is InChI=1S/C31H34N4O3S/c1-21-14-22(2)16-29(15-21)34(39(37,38)30-10-8-7-9-11-30)20-31(36)33-32-19-27-18-25(5)35(26(27)6)28-13-12-23(3)24(4)17-28/h7-19H,20H2,1-6H3,(H,33,36)/b32-19+. The minimum atomic E-state index is -3.99. The summed E-state index contributed by atoms with van der Waals surface area (Å²) in [7, 11) is -3.99. The van der Waals surface area contributed by atoms with E-state index >= 15 is 0 Å². The predicted molar refractivity (Wildman–Crippen MR) is 157 cm³/mol. The van der Waals surface area contributed by atoms with Gasteiger partial charge in [0.25, 0.3) is 15.9 Å². The van der Waals surface area contributed by atoms with Crippen molar-refractivity contribution in [1.29, 1.82) is 0 Å². The number of nitrogens with zero attached hydrogens (tertiary/aromatic N) is 3. The van der Waals surface area contributed by atoms with E-state index in [1.165, 1.54) is 23.3 Å². The molecule has 4 rings (SSSR count). The maximum atomic E-state index is 13.6. The summed E-state index contributed by atoms with van der Waals surface area (Å²) in [5.41, 5.74) is 11.1. The van der Waals surface area contributed by atoms with Gasteiger partial charge in [-0.25, -0.2) is 13.8 Å². The van der Waals surface area contributed by atoms with Gasteiger partial charge in [-0.15, -0.1) is 0 Å². The highest BCUT2D eigenvalue weighted by molar-refractivity contribution is 7.92. The first-order valence-electron chi connectivity index (χ1n) is 12.7. The van der Waals surface area contributed by atoms with Gasteiger partial charge in [-0.1, -0.05) is 30.3 Å². The molecule has 0 aliphatic carbocycles. The van der Waals surface area contributed by atoms with Crippen LogP contribution >= 0.6 is 0 Å². The number of hydrogen-bond donors (Lipinski definition) is 1. The number of benzene rings is 3. The van der Waals surface area contributed by atoms with Crippen LogP contribution in [0.2, 0.25) is 0 Å². The second-order valence-corrected chi connectivity index (χ2v) is 11.8. The van der Waals surface area contributed by atoms with E-state index in [4.69, 9.17) is 0 Å². The van der Waals surface area contributed by atoms with Gasteiger partial charge in [-0.2, -0.15) is 5.10 Å². The van der Waals surface area contributed by atoms with E-state index in [2.05, 4.69) is 47.1 Å². The van der Waals surface area contributed by atoms with Crippen LogP contribution < -0.4 is 9.73 Å². The largest absolute Gasteiger partial charge is 0.318 e. The summed E-state index contributed by atoms with van der Waals surface area (Å²) in [5.74, 6) is -0.548. The molecule has 1 aromatic heterocycles. The van der Waals surface area contributed by atoms with E-state index in [0.717, 1.165) is 38.1 Å². The lowest BCUT2D eigenvalue weighted by Gasteiger charge is -2.24. The molecular formula is C31H34N4O3S. The third-order valence-electron chi connectivity index (χ3n) is 6.72. The normalized spacial score (nSPS) is 11.6. The van der Waals surface area contributed by atoms with E-state index in [1.807, 2.05) is 39.8 Å². The molecule has 0 saturated carbocycles. The van der Waals surface area contributed by atoms with Crippen molar-refractivity contribution >= 4 is 27.8 Å². The molecule has 0 aliphatic rings. The van der Waals surface area contributed by atoms with Crippen molar-refractivity contribution in [3.05, 3.63) is 112 Å². The summed E-state index contributed by atoms with van der Waals surface area (Å²) < 4.78 is 30.4. The second kappa shape index (κ2) is 11.3. The smallest absolute Gasteiger partial charge is 0.264 e. The van der Waals surface area contributed by atoms with Crippen molar-refractivity contribution in [2.24, 2.45) is 5.10 Å². The number of nitrogens with one attached hydrogen (secondary N) is 1. The molecule has 1 amide bonds. The topological polar surface area (TPSA) is 83.8 Å². The van der Waals surface area contributed by atoms with Crippen LogP contribution in [-0.4, -0.2) is 31.7 Å². The molecule has 0 unspecified atom stereocenters. The van der Waals surface area contributed by atoms with Gasteiger partial charge in [0.1, 0.15) is 6.54 Å². The maximum Gasteiger partial charge on any atom is 0.264 e. The van der Waals surface area contributed by atoms with Gasteiger partial charge in [0.2, 0.25) is 0 Å². The van der Waals surface area contributed by atoms with Crippen molar-refractivity contribution in [1.82, 2.24) is 9.99 Å². The Kier molecular flexibility index (Phi) is 8.06. The lowest BCUT2D eigenvalue weighted by molar-refractivity contribution is -0.119. The monoisotopic (exact) mass is 542 g/mol. The van der Waals surface area contributed by atoms with Gasteiger partial charge in [-0.3, -0.25) is 9.10 Å². The van der Waals surface area contributed by atoms with Crippen LogP contribution in [0, 0.1) is 41.5 Å². The number of aromatic nitrogens is 1. The van der Waals surface area contributed by atoms with E-state index in [1.54, 1.807) is 36.5 Å². The van der Waals surface area contributed by atoms with E-state index < -0.39 is 22.5 Å². The Morgan fingerprint density at radius 2 is 1.54 bits per heavy atom. The number of amides is 1. The third kappa shape index (κ3) is 6.12. The molecule has 7 nitrogen and oxygen atoms in total. The Balaban J connectivity index is 1.57. The molecule has 1 heterocycles. The van der Waals surface area contributed by atoms with Crippen molar-refractivity contribution < 1.29 is 13.2 Å². The molecule has 3 aromatic carbocycles. The Morgan fingerprint density at radius 1 is 0.872 bits per heavy atom. The summed E-state index contributed by atoms with van der Waals surface area (Å²) in [6.45, 7) is 11.6. The zero-order valence-corrected chi connectivity index (χ0v) is 24.0. The number of rotatable bonds is 8. The van der Waals surface area contributed by atoms with Crippen LogP contribution in [0.25, 0.3) is 5.69 Å². The highest BCUT2D eigenvalue weighted by Gasteiger charge is 2.27. The van der Waals surface area contributed by atoms with Gasteiger partial charge in [-0.05, 0) is 106 Å². The number of aryl methyl sites for hydroxylation is 5. The van der Waals surface area contributed by atoms with Crippen LogP contribution in [0.1, 0.15) is 39.2 Å². The summed E-state index contributed by atoms with van der Waals surface area (Å²) >= 11 is 0. The molecule has 0 spiro atoms. The van der Waals surface area contributed by atoms with Crippen molar-refractivity contribution in [3.63, 3.8) is 0 Å². The molecule has 0 saturated heterocycles. The van der Waals surface area contributed by atoms with Crippen LogP contribution in [0.15, 0.2) is 82.8 Å². The lowest BCUT2D eigenvalue weighted by Crippen LogP contribution is -2.39. The minimum Gasteiger partial charge on any atom is -0.318 e. The number of carbonyl (C=O) groups is 1. The van der Waals surface area contributed by atoms with Gasteiger partial charge in [0.05, 0.1) is 16.8 Å². The van der Waals surface area contributed by atoms with Gasteiger partial charge in [0.15, 0.2) is 0 Å². The fourth-order valence-corrected chi connectivity index (χ4v) is 6.08. The molecule has 0 fully saturated rings. The van der Waals surface area contributed by atoms with Crippen LogP contribution in [0.5, 0.6) is 0 Å². The summed E-state index contributed by atoms with van der Waals surface area (Å²) in [5, 5.41) is 4.16. The zero-order chi connectivity index (χ0) is 28.3. The molecule has 4 aromatic rings. The van der Waals surface area contributed by atoms with E-state index in [9.17, 15) is 13.2 Å². The zero-order valence-electron chi connectivity index (χ0n) is 23.2. The molecular weight excluding hydrogens is 508 g/mol. The molecule has 0 aliphatic heterocycles. The van der Waals surface area contributed by atoms with Crippen molar-refractivity contribution in [2.45, 2.75) is 46.4 Å². The molecule has 202 valence electrons. The van der Waals surface area contributed by atoms with Crippen LogP contribution in [0.4, 0.5) is 5.69 Å². The minimum absolute atomic E-state index is 0.110. The average molecular weight is 543 g/mol. The lowest BCUT2D eigenvalue weighted by atomic mass is 10.1. The van der Waals surface area contributed by atoms with E-state index in [0.29, 0.717) is 5.69 Å². The molecule has 0 atom stereocenters. The highest BCUT2D eigenvalue weighted by Crippen LogP contribution is 2.26. The summed E-state index contributed by atoms with van der Waals surface area (Å²) in [4.78, 5) is 13.1. The first-order valence-corrected chi connectivity index (χ1v) is 14.2. The van der Waals surface area contributed by atoms with Gasteiger partial charge >= 0.3 is 0 Å². The Hall–Kier alpha value is -4.17. The molecule has 0 bridgehead atoms. The van der Waals surface area contributed by atoms with Gasteiger partial charge < -0.3 is 4.57 Å². The Labute approximate surface area is 230 Å². The second-order valence-electron chi connectivity index (χ2n) is 9.89. The fraction of sp³-hybridized carbons (Fsp3) is 0.226. The van der Waals surface area contributed by atoms with Crippen molar-refractivity contribution in [3.8, 4) is 5.69 Å². The Morgan fingerprint density at radius 3 is 2.18 bits per heavy atom. The first kappa shape index (κ1) is 27.9. The quantitative estimate of drug-likeness (QED) is 0.230. The van der Waals surface area contributed by atoms with E-state index in [-0.39, 0.29) is 4.90 Å². The third-order valence-corrected chi connectivity index (χ3v) is 8.51. The van der Waals surface area contributed by atoms with Crippen molar-refractivity contribution in [2.75, 3.05) is 10.8 Å². The fourth-order valence-electron chi connectivity index (χ4n) is 4.65. The maximum absolute atomic E-state index is 13.6.